The zero-order valence-electron chi connectivity index (χ0n) is 11.7. The van der Waals surface area contributed by atoms with Gasteiger partial charge in [-0.25, -0.2) is 0 Å². The summed E-state index contributed by atoms with van der Waals surface area (Å²) in [6, 6.07) is 6.21. The van der Waals surface area contributed by atoms with Gasteiger partial charge in [0.15, 0.2) is 0 Å². The van der Waals surface area contributed by atoms with Gasteiger partial charge in [-0.1, -0.05) is 6.07 Å². The molecular weight excluding hydrogens is 260 g/mol. The van der Waals surface area contributed by atoms with Crippen LogP contribution in [0.4, 0.5) is 0 Å². The van der Waals surface area contributed by atoms with E-state index in [0.717, 1.165) is 18.4 Å². The third kappa shape index (κ3) is 3.48. The van der Waals surface area contributed by atoms with Crippen LogP contribution in [0.2, 0.25) is 0 Å². The molecule has 0 fully saturated rings. The number of aryl methyl sites for hydroxylation is 2. The summed E-state index contributed by atoms with van der Waals surface area (Å²) in [5.41, 5.74) is 9.15. The standard InChI is InChI=1S/C15H22N2O.ClH/c1-11(10-16)17(2)15(18)14-8-7-12-5-3-4-6-13(12)9-14;/h7-9,11H,3-6,10,16H2,1-2H3;1H. The van der Waals surface area contributed by atoms with Crippen LogP contribution in [-0.4, -0.2) is 30.4 Å². The molecule has 1 amide bonds. The molecule has 1 atom stereocenters. The molecule has 2 rings (SSSR count). The van der Waals surface area contributed by atoms with Crippen LogP contribution >= 0.6 is 12.4 Å². The fourth-order valence-electron chi connectivity index (χ4n) is 2.43. The third-order valence-electron chi connectivity index (χ3n) is 3.92. The number of fused-ring (bicyclic) bond motifs is 1. The molecule has 1 aromatic rings. The Morgan fingerprint density at radius 1 is 1.32 bits per heavy atom. The first-order valence-electron chi connectivity index (χ1n) is 6.72. The number of rotatable bonds is 3. The molecule has 1 unspecified atom stereocenters. The second-order valence-corrected chi connectivity index (χ2v) is 5.19. The minimum Gasteiger partial charge on any atom is -0.338 e. The fraction of sp³-hybridized carbons (Fsp3) is 0.533. The van der Waals surface area contributed by atoms with Crippen molar-refractivity contribution < 1.29 is 4.79 Å². The number of amides is 1. The van der Waals surface area contributed by atoms with Crippen molar-refractivity contribution in [1.82, 2.24) is 4.90 Å². The van der Waals surface area contributed by atoms with Crippen molar-refractivity contribution in [2.45, 2.75) is 38.6 Å². The summed E-state index contributed by atoms with van der Waals surface area (Å²) in [6.45, 7) is 2.46. The number of nitrogens with two attached hydrogens (primary N) is 1. The van der Waals surface area contributed by atoms with Gasteiger partial charge in [0.2, 0.25) is 0 Å². The first-order chi connectivity index (χ1) is 8.63. The Hall–Kier alpha value is -1.06. The lowest BCUT2D eigenvalue weighted by atomic mass is 9.90. The largest absolute Gasteiger partial charge is 0.338 e. The van der Waals surface area contributed by atoms with Crippen LogP contribution in [-0.2, 0) is 12.8 Å². The fourth-order valence-corrected chi connectivity index (χ4v) is 2.43. The molecule has 2 N–H and O–H groups in total. The van der Waals surface area contributed by atoms with E-state index in [4.69, 9.17) is 5.73 Å². The zero-order valence-corrected chi connectivity index (χ0v) is 12.5. The van der Waals surface area contributed by atoms with Gasteiger partial charge in [0.1, 0.15) is 0 Å². The molecule has 0 aromatic heterocycles. The number of halogens is 1. The second-order valence-electron chi connectivity index (χ2n) is 5.19. The van der Waals surface area contributed by atoms with Gasteiger partial charge in [-0.3, -0.25) is 4.79 Å². The van der Waals surface area contributed by atoms with Crippen LogP contribution in [0.25, 0.3) is 0 Å². The quantitative estimate of drug-likeness (QED) is 0.925. The van der Waals surface area contributed by atoms with Crippen LogP contribution < -0.4 is 5.73 Å². The molecule has 1 aliphatic carbocycles. The number of carbonyl (C=O) groups excluding carboxylic acids is 1. The summed E-state index contributed by atoms with van der Waals surface area (Å²) >= 11 is 0. The van der Waals surface area contributed by atoms with Crippen LogP contribution in [0.15, 0.2) is 18.2 Å². The minimum absolute atomic E-state index is 0. The summed E-state index contributed by atoms with van der Waals surface area (Å²) in [5, 5.41) is 0. The van der Waals surface area contributed by atoms with Gasteiger partial charge in [0.25, 0.3) is 5.91 Å². The van der Waals surface area contributed by atoms with Gasteiger partial charge < -0.3 is 10.6 Å². The molecule has 0 bridgehead atoms. The number of hydrogen-bond acceptors (Lipinski definition) is 2. The van der Waals surface area contributed by atoms with Gasteiger partial charge in [0, 0.05) is 25.2 Å². The highest BCUT2D eigenvalue weighted by Gasteiger charge is 2.18. The average Bonchev–Trinajstić information content (AvgIpc) is 2.44. The SMILES string of the molecule is CC(CN)N(C)C(=O)c1ccc2c(c1)CCCC2.Cl. The van der Waals surface area contributed by atoms with Crippen LogP contribution in [0.3, 0.4) is 0 Å². The maximum Gasteiger partial charge on any atom is 0.253 e. The number of likely N-dealkylation sites (N-methyl/N-ethyl adjacent to an activating group) is 1. The molecule has 106 valence electrons. The predicted octanol–water partition coefficient (Wildman–Crippen LogP) is 2.41. The topological polar surface area (TPSA) is 46.3 Å². The monoisotopic (exact) mass is 282 g/mol. The van der Waals surface area contributed by atoms with Crippen LogP contribution in [0.1, 0.15) is 41.3 Å². The third-order valence-corrected chi connectivity index (χ3v) is 3.92. The summed E-state index contributed by atoms with van der Waals surface area (Å²) in [5.74, 6) is 0.0707. The molecule has 3 nitrogen and oxygen atoms in total. The lowest BCUT2D eigenvalue weighted by Gasteiger charge is -2.24. The number of hydrogen-bond donors (Lipinski definition) is 1. The van der Waals surface area contributed by atoms with Gasteiger partial charge in [-0.2, -0.15) is 0 Å². The molecule has 0 saturated heterocycles. The first kappa shape index (κ1) is 16.0. The van der Waals surface area contributed by atoms with Gasteiger partial charge in [-0.15, -0.1) is 12.4 Å². The molecule has 0 heterocycles. The second kappa shape index (κ2) is 6.92. The van der Waals surface area contributed by atoms with Crippen molar-refractivity contribution in [2.75, 3.05) is 13.6 Å². The summed E-state index contributed by atoms with van der Waals surface area (Å²) in [7, 11) is 1.82. The van der Waals surface area contributed by atoms with E-state index in [-0.39, 0.29) is 24.4 Å². The van der Waals surface area contributed by atoms with Crippen molar-refractivity contribution >= 4 is 18.3 Å². The Morgan fingerprint density at radius 3 is 2.58 bits per heavy atom. The van der Waals surface area contributed by atoms with Crippen molar-refractivity contribution in [2.24, 2.45) is 5.73 Å². The van der Waals surface area contributed by atoms with Gasteiger partial charge >= 0.3 is 0 Å². The van der Waals surface area contributed by atoms with E-state index in [1.165, 1.54) is 24.0 Å². The Morgan fingerprint density at radius 2 is 1.95 bits per heavy atom. The maximum absolute atomic E-state index is 12.3. The maximum atomic E-state index is 12.3. The van der Waals surface area contributed by atoms with Gasteiger partial charge in [0.05, 0.1) is 0 Å². The van der Waals surface area contributed by atoms with E-state index in [0.29, 0.717) is 6.54 Å². The molecule has 1 aliphatic rings. The zero-order chi connectivity index (χ0) is 13.1. The lowest BCUT2D eigenvalue weighted by molar-refractivity contribution is 0.0748. The van der Waals surface area contributed by atoms with E-state index in [9.17, 15) is 4.79 Å². The van der Waals surface area contributed by atoms with Crippen LogP contribution in [0.5, 0.6) is 0 Å². The number of carbonyl (C=O) groups is 1. The molecule has 0 saturated carbocycles. The van der Waals surface area contributed by atoms with Gasteiger partial charge in [-0.05, 0) is 55.9 Å². The average molecular weight is 283 g/mol. The molecule has 4 heteroatoms. The Kier molecular flexibility index (Phi) is 5.83. The highest BCUT2D eigenvalue weighted by Crippen LogP contribution is 2.22. The van der Waals surface area contributed by atoms with Crippen LogP contribution in [0, 0.1) is 0 Å². The lowest BCUT2D eigenvalue weighted by Crippen LogP contribution is -2.39. The molecule has 0 aliphatic heterocycles. The Bertz CT molecular complexity index is 448. The number of nitrogens with zero attached hydrogens (tertiary/aromatic N) is 1. The molecule has 19 heavy (non-hydrogen) atoms. The molecular formula is C15H23ClN2O. The summed E-state index contributed by atoms with van der Waals surface area (Å²) < 4.78 is 0. The first-order valence-corrected chi connectivity index (χ1v) is 6.72. The van der Waals surface area contributed by atoms with Crippen molar-refractivity contribution in [3.05, 3.63) is 34.9 Å². The molecule has 0 radical (unpaired) electrons. The van der Waals surface area contributed by atoms with Crippen molar-refractivity contribution in [1.29, 1.82) is 0 Å². The van der Waals surface area contributed by atoms with Crippen molar-refractivity contribution in [3.63, 3.8) is 0 Å². The normalized spacial score (nSPS) is 15.1. The smallest absolute Gasteiger partial charge is 0.253 e. The Labute approximate surface area is 121 Å². The number of benzene rings is 1. The van der Waals surface area contributed by atoms with E-state index in [1.54, 1.807) is 4.90 Å². The van der Waals surface area contributed by atoms with E-state index >= 15 is 0 Å². The molecule has 1 aromatic carbocycles. The van der Waals surface area contributed by atoms with E-state index in [2.05, 4.69) is 12.1 Å². The van der Waals surface area contributed by atoms with E-state index in [1.807, 2.05) is 20.0 Å². The predicted molar refractivity (Wildman–Crippen MR) is 80.9 cm³/mol. The Balaban J connectivity index is 0.00000180. The highest BCUT2D eigenvalue weighted by molar-refractivity contribution is 5.94. The molecule has 0 spiro atoms. The van der Waals surface area contributed by atoms with E-state index < -0.39 is 0 Å². The highest BCUT2D eigenvalue weighted by atomic mass is 35.5. The van der Waals surface area contributed by atoms with Crippen molar-refractivity contribution in [3.8, 4) is 0 Å². The summed E-state index contributed by atoms with van der Waals surface area (Å²) in [6.07, 6.45) is 4.76. The minimum atomic E-state index is 0. The summed E-state index contributed by atoms with van der Waals surface area (Å²) in [4.78, 5) is 14.0.